The lowest BCUT2D eigenvalue weighted by atomic mass is 10.1. The van der Waals surface area contributed by atoms with Crippen LogP contribution in [0.2, 0.25) is 0 Å². The molecular weight excluding hydrogens is 317 g/mol. The standard InChI is InChI=1S/C20H18FN3O/c1-13-6-5-9-18(14(13)2)23-15-10-11-19(22-12-15)24-20(25)16-7-3-4-8-17(16)21/h3-12,23H,1-2H3,(H,22,24,25). The zero-order valence-corrected chi connectivity index (χ0v) is 14.0. The number of nitrogens with one attached hydrogen (secondary N) is 2. The lowest BCUT2D eigenvalue weighted by Gasteiger charge is -2.12. The Morgan fingerprint density at radius 1 is 1.00 bits per heavy atom. The van der Waals surface area contributed by atoms with Crippen LogP contribution in [-0.4, -0.2) is 10.9 Å². The van der Waals surface area contributed by atoms with Crippen molar-refractivity contribution in [1.29, 1.82) is 0 Å². The van der Waals surface area contributed by atoms with Crippen LogP contribution in [0.3, 0.4) is 0 Å². The SMILES string of the molecule is Cc1cccc(Nc2ccc(NC(=O)c3ccccc3F)nc2)c1C. The number of carbonyl (C=O) groups excluding carboxylic acids is 1. The number of amides is 1. The van der Waals surface area contributed by atoms with Crippen molar-refractivity contribution in [1.82, 2.24) is 4.98 Å². The van der Waals surface area contributed by atoms with Gasteiger partial charge in [-0.15, -0.1) is 0 Å². The van der Waals surface area contributed by atoms with E-state index in [-0.39, 0.29) is 5.56 Å². The fraction of sp³-hybridized carbons (Fsp3) is 0.100. The van der Waals surface area contributed by atoms with Gasteiger partial charge in [-0.25, -0.2) is 9.37 Å². The lowest BCUT2D eigenvalue weighted by Crippen LogP contribution is -2.14. The van der Waals surface area contributed by atoms with Gasteiger partial charge < -0.3 is 10.6 Å². The number of pyridine rings is 1. The second kappa shape index (κ2) is 7.13. The van der Waals surface area contributed by atoms with E-state index in [1.807, 2.05) is 25.1 Å². The van der Waals surface area contributed by atoms with Crippen LogP contribution in [0, 0.1) is 19.7 Å². The predicted octanol–water partition coefficient (Wildman–Crippen LogP) is 4.83. The van der Waals surface area contributed by atoms with E-state index in [4.69, 9.17) is 0 Å². The van der Waals surface area contributed by atoms with Gasteiger partial charge in [0.1, 0.15) is 11.6 Å². The predicted molar refractivity (Wildman–Crippen MR) is 97.8 cm³/mol. The zero-order valence-electron chi connectivity index (χ0n) is 14.0. The van der Waals surface area contributed by atoms with E-state index in [0.29, 0.717) is 5.82 Å². The molecule has 3 aromatic rings. The Balaban J connectivity index is 1.71. The molecule has 0 aliphatic rings. The Bertz CT molecular complexity index is 907. The van der Waals surface area contributed by atoms with E-state index in [1.165, 1.54) is 29.3 Å². The van der Waals surface area contributed by atoms with Crippen molar-refractivity contribution in [3.05, 3.63) is 83.3 Å². The Kier molecular flexibility index (Phi) is 4.75. The second-order valence-corrected chi connectivity index (χ2v) is 5.74. The highest BCUT2D eigenvalue weighted by Gasteiger charge is 2.11. The summed E-state index contributed by atoms with van der Waals surface area (Å²) in [4.78, 5) is 16.3. The third-order valence-corrected chi connectivity index (χ3v) is 4.01. The summed E-state index contributed by atoms with van der Waals surface area (Å²) in [7, 11) is 0. The van der Waals surface area contributed by atoms with E-state index in [0.717, 1.165) is 11.4 Å². The zero-order chi connectivity index (χ0) is 17.8. The molecule has 0 atom stereocenters. The van der Waals surface area contributed by atoms with Crippen LogP contribution < -0.4 is 10.6 Å². The average Bonchev–Trinajstić information content (AvgIpc) is 2.61. The molecule has 3 rings (SSSR count). The van der Waals surface area contributed by atoms with Gasteiger partial charge in [-0.2, -0.15) is 0 Å². The fourth-order valence-corrected chi connectivity index (χ4v) is 2.41. The maximum atomic E-state index is 13.6. The molecule has 0 aliphatic carbocycles. The number of aromatic nitrogens is 1. The third kappa shape index (κ3) is 3.83. The van der Waals surface area contributed by atoms with Gasteiger partial charge in [0.2, 0.25) is 0 Å². The van der Waals surface area contributed by atoms with Gasteiger partial charge in [-0.3, -0.25) is 4.79 Å². The number of benzene rings is 2. The molecule has 0 radical (unpaired) electrons. The normalized spacial score (nSPS) is 10.4. The molecule has 0 unspecified atom stereocenters. The number of hydrogen-bond acceptors (Lipinski definition) is 3. The first-order valence-electron chi connectivity index (χ1n) is 7.90. The van der Waals surface area contributed by atoms with Crippen molar-refractivity contribution >= 4 is 23.1 Å². The molecule has 0 saturated carbocycles. The van der Waals surface area contributed by atoms with Crippen LogP contribution in [0.15, 0.2) is 60.8 Å². The first-order valence-corrected chi connectivity index (χ1v) is 7.90. The summed E-state index contributed by atoms with van der Waals surface area (Å²) in [6, 6.07) is 15.4. The molecule has 25 heavy (non-hydrogen) atoms. The van der Waals surface area contributed by atoms with Gasteiger partial charge in [0.15, 0.2) is 0 Å². The Morgan fingerprint density at radius 2 is 1.80 bits per heavy atom. The molecule has 0 spiro atoms. The summed E-state index contributed by atoms with van der Waals surface area (Å²) in [5.41, 5.74) is 4.16. The highest BCUT2D eigenvalue weighted by molar-refractivity contribution is 6.03. The molecule has 126 valence electrons. The smallest absolute Gasteiger partial charge is 0.259 e. The van der Waals surface area contributed by atoms with Crippen LogP contribution in [0.4, 0.5) is 21.6 Å². The van der Waals surface area contributed by atoms with Crippen molar-refractivity contribution in [3.63, 3.8) is 0 Å². The number of aryl methyl sites for hydroxylation is 1. The van der Waals surface area contributed by atoms with Crippen molar-refractivity contribution in [2.75, 3.05) is 10.6 Å². The number of nitrogens with zero attached hydrogens (tertiary/aromatic N) is 1. The fourth-order valence-electron chi connectivity index (χ4n) is 2.41. The molecule has 0 aliphatic heterocycles. The Labute approximate surface area is 145 Å². The third-order valence-electron chi connectivity index (χ3n) is 4.01. The maximum absolute atomic E-state index is 13.6. The molecule has 0 bridgehead atoms. The topological polar surface area (TPSA) is 54.0 Å². The van der Waals surface area contributed by atoms with Crippen LogP contribution in [0.1, 0.15) is 21.5 Å². The molecule has 4 nitrogen and oxygen atoms in total. The summed E-state index contributed by atoms with van der Waals surface area (Å²) >= 11 is 0. The molecule has 0 saturated heterocycles. The molecule has 5 heteroatoms. The van der Waals surface area contributed by atoms with Crippen LogP contribution in [0.5, 0.6) is 0 Å². The number of hydrogen-bond donors (Lipinski definition) is 2. The highest BCUT2D eigenvalue weighted by atomic mass is 19.1. The minimum atomic E-state index is -0.562. The van der Waals surface area contributed by atoms with Crippen molar-refractivity contribution in [2.24, 2.45) is 0 Å². The second-order valence-electron chi connectivity index (χ2n) is 5.74. The number of anilines is 3. The largest absolute Gasteiger partial charge is 0.354 e. The van der Waals surface area contributed by atoms with E-state index >= 15 is 0 Å². The van der Waals surface area contributed by atoms with Gasteiger partial charge in [0.05, 0.1) is 17.4 Å². The van der Waals surface area contributed by atoms with E-state index in [9.17, 15) is 9.18 Å². The molecule has 2 aromatic carbocycles. The number of carbonyl (C=O) groups is 1. The minimum absolute atomic E-state index is 0.0121. The Morgan fingerprint density at radius 3 is 2.52 bits per heavy atom. The average molecular weight is 335 g/mol. The van der Waals surface area contributed by atoms with Gasteiger partial charge in [-0.05, 0) is 55.3 Å². The van der Waals surface area contributed by atoms with Crippen LogP contribution >= 0.6 is 0 Å². The van der Waals surface area contributed by atoms with Gasteiger partial charge >= 0.3 is 0 Å². The van der Waals surface area contributed by atoms with Gasteiger partial charge in [-0.1, -0.05) is 24.3 Å². The van der Waals surface area contributed by atoms with E-state index < -0.39 is 11.7 Å². The van der Waals surface area contributed by atoms with Crippen LogP contribution in [-0.2, 0) is 0 Å². The summed E-state index contributed by atoms with van der Waals surface area (Å²) in [6.45, 7) is 4.11. The molecule has 2 N–H and O–H groups in total. The minimum Gasteiger partial charge on any atom is -0.354 e. The molecule has 1 aromatic heterocycles. The number of rotatable bonds is 4. The summed E-state index contributed by atoms with van der Waals surface area (Å²) < 4.78 is 13.6. The molecular formula is C20H18FN3O. The van der Waals surface area contributed by atoms with Crippen molar-refractivity contribution in [3.8, 4) is 0 Å². The van der Waals surface area contributed by atoms with Crippen molar-refractivity contribution < 1.29 is 9.18 Å². The quantitative estimate of drug-likeness (QED) is 0.718. The summed E-state index contributed by atoms with van der Waals surface area (Å²) in [5, 5.41) is 5.89. The first kappa shape index (κ1) is 16.6. The molecule has 0 fully saturated rings. The summed E-state index contributed by atoms with van der Waals surface area (Å²) in [5.74, 6) is -0.728. The number of halogens is 1. The molecule has 1 amide bonds. The van der Waals surface area contributed by atoms with E-state index in [2.05, 4.69) is 28.6 Å². The van der Waals surface area contributed by atoms with Gasteiger partial charge in [0.25, 0.3) is 5.91 Å². The Hall–Kier alpha value is -3.21. The van der Waals surface area contributed by atoms with Gasteiger partial charge in [0, 0.05) is 5.69 Å². The lowest BCUT2D eigenvalue weighted by molar-refractivity contribution is 0.102. The van der Waals surface area contributed by atoms with Crippen LogP contribution in [0.25, 0.3) is 0 Å². The monoisotopic (exact) mass is 335 g/mol. The first-order chi connectivity index (χ1) is 12.0. The summed E-state index contributed by atoms with van der Waals surface area (Å²) in [6.07, 6.45) is 1.62. The molecule has 1 heterocycles. The highest BCUT2D eigenvalue weighted by Crippen LogP contribution is 2.23. The van der Waals surface area contributed by atoms with E-state index in [1.54, 1.807) is 18.3 Å². The maximum Gasteiger partial charge on any atom is 0.259 e. The van der Waals surface area contributed by atoms with Crippen molar-refractivity contribution in [2.45, 2.75) is 13.8 Å².